The van der Waals surface area contributed by atoms with Gasteiger partial charge in [0.05, 0.1) is 0 Å². The molecule has 0 aromatic heterocycles. The maximum atomic E-state index is 13.4. The zero-order valence-corrected chi connectivity index (χ0v) is 9.79. The highest BCUT2D eigenvalue weighted by Gasteiger charge is 2.32. The van der Waals surface area contributed by atoms with Gasteiger partial charge in [-0.1, -0.05) is 12.2 Å². The topological polar surface area (TPSA) is 0 Å². The lowest BCUT2D eigenvalue weighted by atomic mass is 9.72. The fourth-order valence-electron chi connectivity index (χ4n) is 2.39. The number of halogens is 2. The molecule has 0 N–H and O–H groups in total. The second-order valence-electron chi connectivity index (χ2n) is 4.18. The van der Waals surface area contributed by atoms with Crippen molar-refractivity contribution in [3.05, 3.63) is 38.7 Å². The van der Waals surface area contributed by atoms with Crippen LogP contribution in [0.1, 0.15) is 29.9 Å². The molecule has 2 bridgehead atoms. The molecule has 4 rings (SSSR count). The average molecular weight is 300 g/mol. The summed E-state index contributed by atoms with van der Waals surface area (Å²) in [6, 6.07) is 3.69. The molecule has 72 valence electrons. The van der Waals surface area contributed by atoms with Crippen molar-refractivity contribution in [2.24, 2.45) is 5.92 Å². The van der Waals surface area contributed by atoms with Gasteiger partial charge in [0.1, 0.15) is 5.82 Å². The van der Waals surface area contributed by atoms with E-state index in [0.29, 0.717) is 5.92 Å². The van der Waals surface area contributed by atoms with Gasteiger partial charge in [0.2, 0.25) is 0 Å². The fourth-order valence-corrected chi connectivity index (χ4v) is 2.88. The molecule has 0 saturated heterocycles. The highest BCUT2D eigenvalue weighted by molar-refractivity contribution is 14.1. The molecule has 0 aliphatic heterocycles. The van der Waals surface area contributed by atoms with Crippen molar-refractivity contribution in [1.82, 2.24) is 0 Å². The average Bonchev–Trinajstić information content (AvgIpc) is 2.32. The van der Waals surface area contributed by atoms with Gasteiger partial charge in [0, 0.05) is 3.57 Å². The zero-order valence-electron chi connectivity index (χ0n) is 7.63. The van der Waals surface area contributed by atoms with Crippen LogP contribution >= 0.6 is 22.6 Å². The van der Waals surface area contributed by atoms with Gasteiger partial charge in [-0.25, -0.2) is 4.39 Å². The first-order valence-corrected chi connectivity index (χ1v) is 5.99. The Kier molecular flexibility index (Phi) is 1.94. The standard InChI is InChI=1S/C12H10FI/c13-11-6-10-8(5-12(11)14)2-1-7-3-9(10)4-7/h1-2,5-7,9H,3-4H2. The second-order valence-corrected chi connectivity index (χ2v) is 5.34. The van der Waals surface area contributed by atoms with Gasteiger partial charge in [-0.3, -0.25) is 0 Å². The Labute approximate surface area is 96.3 Å². The van der Waals surface area contributed by atoms with Crippen molar-refractivity contribution in [2.45, 2.75) is 18.8 Å². The van der Waals surface area contributed by atoms with Crippen LogP contribution in [0.4, 0.5) is 4.39 Å². The van der Waals surface area contributed by atoms with Gasteiger partial charge >= 0.3 is 0 Å². The van der Waals surface area contributed by atoms with Crippen LogP contribution in [0.25, 0.3) is 6.08 Å². The van der Waals surface area contributed by atoms with Crippen LogP contribution in [0.15, 0.2) is 18.2 Å². The minimum Gasteiger partial charge on any atom is -0.206 e. The molecule has 0 nitrogen and oxygen atoms in total. The van der Waals surface area contributed by atoms with Crippen LogP contribution < -0.4 is 0 Å². The second kappa shape index (κ2) is 3.05. The van der Waals surface area contributed by atoms with E-state index in [2.05, 4.69) is 34.7 Å². The Morgan fingerprint density at radius 3 is 2.86 bits per heavy atom. The Bertz CT molecular complexity index is 417. The fraction of sp³-hybridized carbons (Fsp3) is 0.333. The molecule has 1 aromatic carbocycles. The molecule has 2 heteroatoms. The molecule has 0 amide bonds. The lowest BCUT2D eigenvalue weighted by Crippen LogP contribution is -2.18. The van der Waals surface area contributed by atoms with E-state index in [-0.39, 0.29) is 5.82 Å². The molecule has 0 atom stereocenters. The van der Waals surface area contributed by atoms with Gasteiger partial charge < -0.3 is 0 Å². The summed E-state index contributed by atoms with van der Waals surface area (Å²) in [5, 5.41) is 0. The first-order chi connectivity index (χ1) is 6.74. The molecule has 0 unspecified atom stereocenters. The van der Waals surface area contributed by atoms with Crippen molar-refractivity contribution in [3.8, 4) is 0 Å². The molecule has 1 aromatic rings. The normalized spacial score (nSPS) is 27.9. The lowest BCUT2D eigenvalue weighted by Gasteiger charge is -2.32. The third-order valence-corrected chi connectivity index (χ3v) is 4.11. The van der Waals surface area contributed by atoms with Gasteiger partial charge in [-0.15, -0.1) is 0 Å². The lowest BCUT2D eigenvalue weighted by molar-refractivity contribution is 0.326. The van der Waals surface area contributed by atoms with Gasteiger partial charge in [-0.2, -0.15) is 0 Å². The molecule has 0 radical (unpaired) electrons. The highest BCUT2D eigenvalue weighted by atomic mass is 127. The third kappa shape index (κ3) is 1.23. The number of allylic oxidation sites excluding steroid dienone is 1. The summed E-state index contributed by atoms with van der Waals surface area (Å²) in [5.74, 6) is 1.28. The molecule has 0 heterocycles. The molecule has 1 saturated carbocycles. The summed E-state index contributed by atoms with van der Waals surface area (Å²) in [4.78, 5) is 0. The van der Waals surface area contributed by atoms with E-state index in [1.165, 1.54) is 24.0 Å². The first-order valence-electron chi connectivity index (χ1n) is 4.91. The number of benzene rings is 1. The van der Waals surface area contributed by atoms with Gasteiger partial charge in [0.25, 0.3) is 0 Å². The van der Waals surface area contributed by atoms with Gasteiger partial charge in [0.15, 0.2) is 0 Å². The SMILES string of the molecule is Fc1cc2c(cc1I)C=CC1CC2C1. The Hall–Kier alpha value is -0.380. The van der Waals surface area contributed by atoms with Crippen LogP contribution in [0.2, 0.25) is 0 Å². The molecule has 3 aliphatic rings. The van der Waals surface area contributed by atoms with Crippen molar-refractivity contribution >= 4 is 28.7 Å². The highest BCUT2D eigenvalue weighted by Crippen LogP contribution is 2.46. The summed E-state index contributed by atoms with van der Waals surface area (Å²) >= 11 is 2.05. The molecular weight excluding hydrogens is 290 g/mol. The van der Waals surface area contributed by atoms with E-state index in [0.717, 1.165) is 9.49 Å². The zero-order chi connectivity index (χ0) is 9.71. The first kappa shape index (κ1) is 8.89. The summed E-state index contributed by atoms with van der Waals surface area (Å²) < 4.78 is 14.1. The van der Waals surface area contributed by atoms with Crippen LogP contribution in [-0.2, 0) is 0 Å². The van der Waals surface area contributed by atoms with E-state index in [9.17, 15) is 4.39 Å². The van der Waals surface area contributed by atoms with Gasteiger partial charge in [-0.05, 0) is 70.5 Å². The monoisotopic (exact) mass is 300 g/mol. The minimum atomic E-state index is -0.0666. The maximum absolute atomic E-state index is 13.4. The maximum Gasteiger partial charge on any atom is 0.136 e. The molecule has 3 aliphatic carbocycles. The smallest absolute Gasteiger partial charge is 0.136 e. The van der Waals surface area contributed by atoms with Crippen molar-refractivity contribution in [3.63, 3.8) is 0 Å². The Morgan fingerprint density at radius 1 is 1.29 bits per heavy atom. The van der Waals surface area contributed by atoms with E-state index in [4.69, 9.17) is 0 Å². The minimum absolute atomic E-state index is 0.0666. The number of hydrogen-bond acceptors (Lipinski definition) is 0. The van der Waals surface area contributed by atoms with Crippen LogP contribution in [0.3, 0.4) is 0 Å². The number of rotatable bonds is 0. The molecular formula is C12H10FI. The molecule has 0 spiro atoms. The Balaban J connectivity index is 2.19. The summed E-state index contributed by atoms with van der Waals surface area (Å²) in [7, 11) is 0. The predicted octanol–water partition coefficient (Wildman–Crippen LogP) is 3.95. The predicted molar refractivity (Wildman–Crippen MR) is 63.6 cm³/mol. The van der Waals surface area contributed by atoms with E-state index >= 15 is 0 Å². The summed E-state index contributed by atoms with van der Waals surface area (Å²) in [5.41, 5.74) is 2.44. The third-order valence-electron chi connectivity index (χ3n) is 3.29. The van der Waals surface area contributed by atoms with Crippen LogP contribution in [0, 0.1) is 15.3 Å². The van der Waals surface area contributed by atoms with E-state index in [1.807, 2.05) is 6.07 Å². The van der Waals surface area contributed by atoms with Crippen molar-refractivity contribution in [2.75, 3.05) is 0 Å². The van der Waals surface area contributed by atoms with Crippen molar-refractivity contribution in [1.29, 1.82) is 0 Å². The molecule has 14 heavy (non-hydrogen) atoms. The summed E-state index contributed by atoms with van der Waals surface area (Å²) in [6.07, 6.45) is 6.86. The van der Waals surface area contributed by atoms with Crippen LogP contribution in [0.5, 0.6) is 0 Å². The Morgan fingerprint density at radius 2 is 2.07 bits per heavy atom. The van der Waals surface area contributed by atoms with E-state index < -0.39 is 0 Å². The number of hydrogen-bond donors (Lipinski definition) is 0. The summed E-state index contributed by atoms with van der Waals surface area (Å²) in [6.45, 7) is 0. The van der Waals surface area contributed by atoms with Crippen LogP contribution in [-0.4, -0.2) is 0 Å². The quantitative estimate of drug-likeness (QED) is 0.636. The largest absolute Gasteiger partial charge is 0.206 e. The van der Waals surface area contributed by atoms with E-state index in [1.54, 1.807) is 6.07 Å². The van der Waals surface area contributed by atoms with Crippen molar-refractivity contribution < 1.29 is 4.39 Å². The molecule has 1 fully saturated rings.